The molecule has 1 aromatic carbocycles. The molecule has 0 aliphatic heterocycles. The highest BCUT2D eigenvalue weighted by Crippen LogP contribution is 2.06. The number of ether oxygens (including phenoxy) is 1. The van der Waals surface area contributed by atoms with Gasteiger partial charge in [-0.1, -0.05) is 12.1 Å². The second kappa shape index (κ2) is 7.19. The number of halogens is 2. The van der Waals surface area contributed by atoms with Gasteiger partial charge in [-0.25, -0.2) is 4.39 Å². The van der Waals surface area contributed by atoms with Crippen molar-refractivity contribution in [2.75, 3.05) is 7.11 Å². The van der Waals surface area contributed by atoms with Crippen LogP contribution in [0.15, 0.2) is 24.3 Å². The Morgan fingerprint density at radius 2 is 2.00 bits per heavy atom. The van der Waals surface area contributed by atoms with Gasteiger partial charge in [0.05, 0.1) is 13.5 Å². The number of esters is 1. The molecule has 3 nitrogen and oxygen atoms in total. The molecule has 0 heterocycles. The maximum absolute atomic E-state index is 12.6. The van der Waals surface area contributed by atoms with Gasteiger partial charge in [0.2, 0.25) is 0 Å². The molecule has 90 valence electrons. The number of nitrogens with two attached hydrogens (primary N) is 1. The van der Waals surface area contributed by atoms with Crippen LogP contribution in [0.5, 0.6) is 0 Å². The summed E-state index contributed by atoms with van der Waals surface area (Å²) < 4.78 is 17.1. The zero-order valence-corrected chi connectivity index (χ0v) is 9.80. The Labute approximate surface area is 100 Å². The van der Waals surface area contributed by atoms with E-state index in [0.717, 1.165) is 5.56 Å². The standard InChI is InChI=1S/C11H14FNO2.ClH/c1-15-11(14)7-10(13)6-8-2-4-9(12)5-3-8;/h2-5,10H,6-7,13H2,1H3;1H/t10-;/m1./s1. The molecule has 1 rings (SSSR count). The Balaban J connectivity index is 0.00000225. The zero-order valence-electron chi connectivity index (χ0n) is 8.98. The van der Waals surface area contributed by atoms with Crippen LogP contribution in [-0.2, 0) is 16.0 Å². The molecule has 0 bridgehead atoms. The Morgan fingerprint density at radius 3 is 2.50 bits per heavy atom. The third-order valence-corrected chi connectivity index (χ3v) is 2.07. The summed E-state index contributed by atoms with van der Waals surface area (Å²) in [5.74, 6) is -0.607. The van der Waals surface area contributed by atoms with Gasteiger partial charge in [0.25, 0.3) is 0 Å². The molecule has 1 aromatic rings. The minimum atomic E-state index is -0.329. The normalized spacial score (nSPS) is 11.4. The van der Waals surface area contributed by atoms with Gasteiger partial charge in [-0.15, -0.1) is 12.4 Å². The van der Waals surface area contributed by atoms with Gasteiger partial charge in [-0.2, -0.15) is 0 Å². The van der Waals surface area contributed by atoms with Crippen LogP contribution in [0.4, 0.5) is 4.39 Å². The second-order valence-corrected chi connectivity index (χ2v) is 3.37. The maximum atomic E-state index is 12.6. The lowest BCUT2D eigenvalue weighted by atomic mass is 10.0. The molecule has 0 amide bonds. The van der Waals surface area contributed by atoms with Crippen molar-refractivity contribution in [2.45, 2.75) is 18.9 Å². The smallest absolute Gasteiger partial charge is 0.307 e. The van der Waals surface area contributed by atoms with E-state index < -0.39 is 0 Å². The molecular formula is C11H15ClFNO2. The summed E-state index contributed by atoms with van der Waals surface area (Å²) in [6, 6.07) is 5.78. The Hall–Kier alpha value is -1.13. The van der Waals surface area contributed by atoms with Gasteiger partial charge in [0, 0.05) is 6.04 Å². The second-order valence-electron chi connectivity index (χ2n) is 3.37. The van der Waals surface area contributed by atoms with Gasteiger partial charge in [-0.3, -0.25) is 4.79 Å². The van der Waals surface area contributed by atoms with Crippen LogP contribution < -0.4 is 5.73 Å². The lowest BCUT2D eigenvalue weighted by molar-refractivity contribution is -0.140. The first-order valence-corrected chi connectivity index (χ1v) is 4.68. The van der Waals surface area contributed by atoms with Gasteiger partial charge < -0.3 is 10.5 Å². The van der Waals surface area contributed by atoms with Crippen molar-refractivity contribution in [2.24, 2.45) is 5.73 Å². The monoisotopic (exact) mass is 247 g/mol. The molecule has 0 spiro atoms. The molecule has 5 heteroatoms. The molecule has 2 N–H and O–H groups in total. The largest absolute Gasteiger partial charge is 0.469 e. The van der Waals surface area contributed by atoms with Crippen molar-refractivity contribution in [3.63, 3.8) is 0 Å². The quantitative estimate of drug-likeness (QED) is 0.824. The lowest BCUT2D eigenvalue weighted by Gasteiger charge is -2.09. The fourth-order valence-electron chi connectivity index (χ4n) is 1.29. The van der Waals surface area contributed by atoms with Crippen LogP contribution in [0.3, 0.4) is 0 Å². The summed E-state index contributed by atoms with van der Waals surface area (Å²) in [5, 5.41) is 0. The third-order valence-electron chi connectivity index (χ3n) is 2.07. The summed E-state index contributed by atoms with van der Waals surface area (Å²) in [6.07, 6.45) is 0.712. The van der Waals surface area contributed by atoms with Crippen LogP contribution in [0.1, 0.15) is 12.0 Å². The highest BCUT2D eigenvalue weighted by Gasteiger charge is 2.10. The van der Waals surface area contributed by atoms with E-state index in [9.17, 15) is 9.18 Å². The molecule has 0 aliphatic rings. The predicted molar refractivity (Wildman–Crippen MR) is 62.0 cm³/mol. The Bertz CT molecular complexity index is 329. The van der Waals surface area contributed by atoms with Crippen LogP contribution in [-0.4, -0.2) is 19.1 Å². The fourth-order valence-corrected chi connectivity index (χ4v) is 1.29. The number of methoxy groups -OCH3 is 1. The maximum Gasteiger partial charge on any atom is 0.307 e. The van der Waals surface area contributed by atoms with E-state index in [1.165, 1.54) is 19.2 Å². The Morgan fingerprint density at radius 1 is 1.44 bits per heavy atom. The summed E-state index contributed by atoms with van der Waals surface area (Å²) >= 11 is 0. The van der Waals surface area contributed by atoms with Gasteiger partial charge in [0.15, 0.2) is 0 Å². The van der Waals surface area contributed by atoms with E-state index in [1.54, 1.807) is 12.1 Å². The number of hydrogen-bond donors (Lipinski definition) is 1. The van der Waals surface area contributed by atoms with Crippen LogP contribution in [0, 0.1) is 5.82 Å². The van der Waals surface area contributed by atoms with E-state index in [1.807, 2.05) is 0 Å². The molecular weight excluding hydrogens is 233 g/mol. The van der Waals surface area contributed by atoms with Crippen molar-refractivity contribution >= 4 is 18.4 Å². The van der Waals surface area contributed by atoms with Crippen molar-refractivity contribution < 1.29 is 13.9 Å². The molecule has 0 aliphatic carbocycles. The summed E-state index contributed by atoms with van der Waals surface area (Å²) in [5.41, 5.74) is 6.64. The average molecular weight is 248 g/mol. The van der Waals surface area contributed by atoms with E-state index >= 15 is 0 Å². The first-order chi connectivity index (χ1) is 7.11. The SMILES string of the molecule is COC(=O)C[C@H](N)Cc1ccc(F)cc1.Cl. The molecule has 1 atom stereocenters. The Kier molecular flexibility index (Phi) is 6.69. The molecule has 0 saturated carbocycles. The molecule has 0 radical (unpaired) electrons. The number of rotatable bonds is 4. The van der Waals surface area contributed by atoms with Crippen molar-refractivity contribution in [1.82, 2.24) is 0 Å². The third kappa shape index (κ3) is 5.09. The highest BCUT2D eigenvalue weighted by molar-refractivity contribution is 5.85. The van der Waals surface area contributed by atoms with E-state index in [-0.39, 0.29) is 36.7 Å². The molecule has 0 aromatic heterocycles. The zero-order chi connectivity index (χ0) is 11.3. The first-order valence-electron chi connectivity index (χ1n) is 4.68. The average Bonchev–Trinajstić information content (AvgIpc) is 2.21. The minimum absolute atomic E-state index is 0. The van der Waals surface area contributed by atoms with Crippen molar-refractivity contribution in [1.29, 1.82) is 0 Å². The number of hydrogen-bond acceptors (Lipinski definition) is 3. The summed E-state index contributed by atoms with van der Waals surface area (Å²) in [7, 11) is 1.33. The predicted octanol–water partition coefficient (Wildman–Crippen LogP) is 1.68. The van der Waals surface area contributed by atoms with Crippen molar-refractivity contribution in [3.05, 3.63) is 35.6 Å². The summed E-state index contributed by atoms with van der Waals surface area (Å²) in [6.45, 7) is 0. The summed E-state index contributed by atoms with van der Waals surface area (Å²) in [4.78, 5) is 10.9. The number of benzene rings is 1. The van der Waals surface area contributed by atoms with E-state index in [0.29, 0.717) is 6.42 Å². The number of carbonyl (C=O) groups excluding carboxylic acids is 1. The van der Waals surface area contributed by atoms with Gasteiger partial charge >= 0.3 is 5.97 Å². The van der Waals surface area contributed by atoms with Gasteiger partial charge in [-0.05, 0) is 24.1 Å². The minimum Gasteiger partial charge on any atom is -0.469 e. The highest BCUT2D eigenvalue weighted by atomic mass is 35.5. The van der Waals surface area contributed by atoms with E-state index in [2.05, 4.69) is 4.74 Å². The molecule has 16 heavy (non-hydrogen) atoms. The van der Waals surface area contributed by atoms with Crippen molar-refractivity contribution in [3.8, 4) is 0 Å². The first kappa shape index (κ1) is 14.9. The van der Waals surface area contributed by atoms with Crippen LogP contribution in [0.25, 0.3) is 0 Å². The van der Waals surface area contributed by atoms with Gasteiger partial charge in [0.1, 0.15) is 5.82 Å². The molecule has 0 fully saturated rings. The topological polar surface area (TPSA) is 52.3 Å². The molecule has 0 unspecified atom stereocenters. The fraction of sp³-hybridized carbons (Fsp3) is 0.364. The van der Waals surface area contributed by atoms with E-state index in [4.69, 9.17) is 5.73 Å². The number of carbonyl (C=O) groups is 1. The van der Waals surface area contributed by atoms with Crippen LogP contribution >= 0.6 is 12.4 Å². The van der Waals surface area contributed by atoms with Crippen LogP contribution in [0.2, 0.25) is 0 Å². The molecule has 0 saturated heterocycles. The lowest BCUT2D eigenvalue weighted by Crippen LogP contribution is -2.26.